The Bertz CT molecular complexity index is 1270. The molecule has 0 N–H and O–H groups in total. The highest BCUT2D eigenvalue weighted by atomic mass is 28.2. The monoisotopic (exact) mass is 558 g/mol. The molecule has 38 heavy (non-hydrogen) atoms. The maximum absolute atomic E-state index is 2.70. The standard InChI is InChI=1S/C34H38Si4/c1-23-5-13-27(14-6-23)35-31-21-33(37-29-17-9-25(3)10-18-29)34(38-30-19-11-26(4)12-20-30)22-32(31)36-28-15-7-24(2)8-16-28/h5-22H,35-38H2,1-4H3. The molecule has 0 radical (unpaired) electrons. The third kappa shape index (κ3) is 7.08. The predicted octanol–water partition coefficient (Wildman–Crippen LogP) is -0.601. The number of hydrogen-bond acceptors (Lipinski definition) is 0. The van der Waals surface area contributed by atoms with Crippen LogP contribution in [-0.4, -0.2) is 38.1 Å². The molecule has 0 atom stereocenters. The van der Waals surface area contributed by atoms with Gasteiger partial charge in [0.1, 0.15) is 0 Å². The SMILES string of the molecule is Cc1ccc([SiH2]c2cc([SiH2]c3ccc(C)cc3)c([SiH2]c3ccc(C)cc3)cc2[SiH2]c2ccc(C)cc2)cc1. The molecule has 5 aromatic carbocycles. The lowest BCUT2D eigenvalue weighted by atomic mass is 10.2. The van der Waals surface area contributed by atoms with Gasteiger partial charge in [-0.3, -0.25) is 0 Å². The van der Waals surface area contributed by atoms with Gasteiger partial charge in [-0.05, 0) is 27.7 Å². The molecule has 0 aromatic heterocycles. The summed E-state index contributed by atoms with van der Waals surface area (Å²) in [7, 11) is -2.16. The van der Waals surface area contributed by atoms with Gasteiger partial charge < -0.3 is 0 Å². The predicted molar refractivity (Wildman–Crippen MR) is 182 cm³/mol. The molecule has 0 saturated heterocycles. The first-order valence-corrected chi connectivity index (χ1v) is 19.4. The molecule has 0 spiro atoms. The average Bonchev–Trinajstić information content (AvgIpc) is 2.91. The Morgan fingerprint density at radius 3 is 0.658 bits per heavy atom. The van der Waals surface area contributed by atoms with E-state index in [9.17, 15) is 0 Å². The van der Waals surface area contributed by atoms with Crippen LogP contribution in [0.25, 0.3) is 0 Å². The van der Waals surface area contributed by atoms with Crippen LogP contribution in [-0.2, 0) is 0 Å². The van der Waals surface area contributed by atoms with Crippen LogP contribution in [0.4, 0.5) is 0 Å². The summed E-state index contributed by atoms with van der Waals surface area (Å²) >= 11 is 0. The first-order chi connectivity index (χ1) is 18.4. The van der Waals surface area contributed by atoms with Gasteiger partial charge in [-0.1, -0.05) is 173 Å². The van der Waals surface area contributed by atoms with E-state index in [2.05, 4.69) is 137 Å². The van der Waals surface area contributed by atoms with Gasteiger partial charge in [0.15, 0.2) is 0 Å². The summed E-state index contributed by atoms with van der Waals surface area (Å²) < 4.78 is 0. The van der Waals surface area contributed by atoms with Crippen molar-refractivity contribution in [1.82, 2.24) is 0 Å². The topological polar surface area (TPSA) is 0 Å². The number of rotatable bonds is 8. The minimum Gasteiger partial charge on any atom is -0.0645 e. The Kier molecular flexibility index (Phi) is 8.54. The van der Waals surface area contributed by atoms with Crippen molar-refractivity contribution in [2.45, 2.75) is 27.7 Å². The van der Waals surface area contributed by atoms with Crippen LogP contribution in [0, 0.1) is 27.7 Å². The van der Waals surface area contributed by atoms with E-state index in [0.29, 0.717) is 0 Å². The molecule has 0 heterocycles. The van der Waals surface area contributed by atoms with E-state index in [1.807, 2.05) is 0 Å². The van der Waals surface area contributed by atoms with Gasteiger partial charge >= 0.3 is 0 Å². The number of hydrogen-bond donors (Lipinski definition) is 0. The lowest BCUT2D eigenvalue weighted by Gasteiger charge is -2.18. The van der Waals surface area contributed by atoms with E-state index in [-0.39, 0.29) is 0 Å². The Hall–Kier alpha value is -3.03. The second kappa shape index (κ2) is 12.2. The van der Waals surface area contributed by atoms with Crippen LogP contribution in [0.2, 0.25) is 0 Å². The highest BCUT2D eigenvalue weighted by Gasteiger charge is 2.14. The number of aryl methyl sites for hydroxylation is 4. The van der Waals surface area contributed by atoms with Crippen LogP contribution < -0.4 is 41.5 Å². The second-order valence-corrected chi connectivity index (χ2v) is 18.8. The molecule has 0 nitrogen and oxygen atoms in total. The Balaban J connectivity index is 1.59. The molecule has 0 amide bonds. The Labute approximate surface area is 237 Å². The lowest BCUT2D eigenvalue weighted by Crippen LogP contribution is -2.54. The summed E-state index contributed by atoms with van der Waals surface area (Å²) in [6.45, 7) is 8.77. The maximum atomic E-state index is 2.70. The maximum Gasteiger partial charge on any atom is 0.0873 e. The zero-order valence-electron chi connectivity index (χ0n) is 23.2. The molecule has 5 aromatic rings. The van der Waals surface area contributed by atoms with Crippen LogP contribution in [0.15, 0.2) is 109 Å². The van der Waals surface area contributed by atoms with Crippen LogP contribution in [0.1, 0.15) is 22.3 Å². The van der Waals surface area contributed by atoms with Gasteiger partial charge in [0.05, 0.1) is 38.1 Å². The van der Waals surface area contributed by atoms with Crippen molar-refractivity contribution in [3.8, 4) is 0 Å². The van der Waals surface area contributed by atoms with Gasteiger partial charge in [0.2, 0.25) is 0 Å². The van der Waals surface area contributed by atoms with E-state index in [1.54, 1.807) is 41.5 Å². The van der Waals surface area contributed by atoms with E-state index in [0.717, 1.165) is 0 Å². The fraction of sp³-hybridized carbons (Fsp3) is 0.118. The van der Waals surface area contributed by atoms with Gasteiger partial charge in [-0.15, -0.1) is 0 Å². The largest absolute Gasteiger partial charge is 0.0873 e. The fourth-order valence-electron chi connectivity index (χ4n) is 5.15. The number of benzene rings is 5. The van der Waals surface area contributed by atoms with E-state index in [4.69, 9.17) is 0 Å². The summed E-state index contributed by atoms with van der Waals surface area (Å²) in [4.78, 5) is 0. The fourth-order valence-corrected chi connectivity index (χ4v) is 13.6. The Morgan fingerprint density at radius 1 is 0.289 bits per heavy atom. The van der Waals surface area contributed by atoms with Crippen molar-refractivity contribution < 1.29 is 0 Å². The minimum absolute atomic E-state index is 0.539. The quantitative estimate of drug-likeness (QED) is 0.223. The molecule has 4 heteroatoms. The smallest absolute Gasteiger partial charge is 0.0645 e. The third-order valence-electron chi connectivity index (χ3n) is 7.58. The molecule has 0 aliphatic rings. The zero-order valence-corrected chi connectivity index (χ0v) is 28.9. The highest BCUT2D eigenvalue weighted by molar-refractivity contribution is 6.83. The zero-order chi connectivity index (χ0) is 26.5. The Morgan fingerprint density at radius 2 is 0.474 bits per heavy atom. The molecule has 0 aliphatic carbocycles. The van der Waals surface area contributed by atoms with Crippen molar-refractivity contribution in [3.63, 3.8) is 0 Å². The molecular weight excluding hydrogens is 521 g/mol. The van der Waals surface area contributed by atoms with E-state index >= 15 is 0 Å². The van der Waals surface area contributed by atoms with Gasteiger partial charge in [0, 0.05) is 0 Å². The molecule has 190 valence electrons. The lowest BCUT2D eigenvalue weighted by molar-refractivity contribution is 1.49. The van der Waals surface area contributed by atoms with Gasteiger partial charge in [-0.2, -0.15) is 0 Å². The normalized spacial score (nSPS) is 12.3. The van der Waals surface area contributed by atoms with Gasteiger partial charge in [0.25, 0.3) is 0 Å². The van der Waals surface area contributed by atoms with Crippen molar-refractivity contribution in [3.05, 3.63) is 131 Å². The van der Waals surface area contributed by atoms with Crippen molar-refractivity contribution in [2.75, 3.05) is 0 Å². The minimum atomic E-state index is -0.539. The van der Waals surface area contributed by atoms with Crippen molar-refractivity contribution in [1.29, 1.82) is 0 Å². The van der Waals surface area contributed by atoms with Crippen molar-refractivity contribution >= 4 is 79.6 Å². The second-order valence-electron chi connectivity index (χ2n) is 11.0. The first-order valence-electron chi connectivity index (χ1n) is 13.8. The molecule has 0 aliphatic heterocycles. The van der Waals surface area contributed by atoms with Gasteiger partial charge in [-0.25, -0.2) is 0 Å². The summed E-state index contributed by atoms with van der Waals surface area (Å²) in [5.41, 5.74) is 5.40. The van der Waals surface area contributed by atoms with Crippen LogP contribution in [0.5, 0.6) is 0 Å². The third-order valence-corrected chi connectivity index (χ3v) is 16.3. The molecule has 0 saturated carbocycles. The first kappa shape index (κ1) is 26.6. The van der Waals surface area contributed by atoms with Crippen LogP contribution in [0.3, 0.4) is 0 Å². The molecular formula is C34H38Si4. The summed E-state index contributed by atoms with van der Waals surface area (Å²) in [5.74, 6) is 0. The van der Waals surface area contributed by atoms with E-state index < -0.39 is 38.1 Å². The molecule has 0 fully saturated rings. The average molecular weight is 559 g/mol. The molecule has 0 unspecified atom stereocenters. The highest BCUT2D eigenvalue weighted by Crippen LogP contribution is 1.96. The van der Waals surface area contributed by atoms with Crippen LogP contribution >= 0.6 is 0 Å². The van der Waals surface area contributed by atoms with E-state index in [1.165, 1.54) is 22.3 Å². The molecule has 5 rings (SSSR count). The summed E-state index contributed by atoms with van der Waals surface area (Å²) in [6.07, 6.45) is 0. The summed E-state index contributed by atoms with van der Waals surface area (Å²) in [5, 5.41) is 13.0. The summed E-state index contributed by atoms with van der Waals surface area (Å²) in [6, 6.07) is 42.8. The molecule has 0 bridgehead atoms. The van der Waals surface area contributed by atoms with Crippen molar-refractivity contribution in [2.24, 2.45) is 0 Å².